The van der Waals surface area contributed by atoms with Crippen LogP contribution in [0.4, 0.5) is 24.7 Å². The van der Waals surface area contributed by atoms with Gasteiger partial charge >= 0.3 is 12.1 Å². The van der Waals surface area contributed by atoms with Crippen molar-refractivity contribution in [3.63, 3.8) is 0 Å². The molecule has 1 saturated heterocycles. The minimum Gasteiger partial charge on any atom is -0.475 e. The smallest absolute Gasteiger partial charge is 0.475 e. The van der Waals surface area contributed by atoms with E-state index in [-0.39, 0.29) is 17.5 Å². The fraction of sp³-hybridized carbons (Fsp3) is 0.533. The maximum absolute atomic E-state index is 10.6. The highest BCUT2D eigenvalue weighted by Gasteiger charge is 2.38. The number of aromatic nitrogens is 1. The number of nitrogens with zero attached hydrogens (tertiary/aromatic N) is 3. The van der Waals surface area contributed by atoms with Crippen LogP contribution in [0.15, 0.2) is 0 Å². The molecule has 148 valence electrons. The molecule has 1 atom stereocenters. The largest absolute Gasteiger partial charge is 0.490 e. The Morgan fingerprint density at radius 1 is 1.41 bits per heavy atom. The minimum absolute atomic E-state index is 0.0336. The first-order valence-corrected chi connectivity index (χ1v) is 8.01. The molecule has 2 aliphatic rings. The van der Waals surface area contributed by atoms with E-state index in [4.69, 9.17) is 31.4 Å². The van der Waals surface area contributed by atoms with E-state index in [1.54, 1.807) is 0 Å². The molecule has 27 heavy (non-hydrogen) atoms. The molecule has 1 aromatic rings. The monoisotopic (exact) mass is 388 g/mol. The minimum atomic E-state index is -5.08. The number of hydrogen-bond acceptors (Lipinski definition) is 8. The van der Waals surface area contributed by atoms with Crippen molar-refractivity contribution in [3.05, 3.63) is 11.1 Å². The molecule has 0 saturated carbocycles. The molecule has 6 N–H and O–H groups in total. The highest BCUT2D eigenvalue weighted by atomic mass is 19.4. The molecule has 1 unspecified atom stereocenters. The van der Waals surface area contributed by atoms with Gasteiger partial charge in [0, 0.05) is 44.7 Å². The van der Waals surface area contributed by atoms with E-state index in [9.17, 15) is 13.2 Å². The first-order chi connectivity index (χ1) is 12.6. The van der Waals surface area contributed by atoms with Crippen LogP contribution in [0.3, 0.4) is 0 Å². The highest BCUT2D eigenvalue weighted by Crippen LogP contribution is 2.35. The number of fused-ring (bicyclic) bond motifs is 1. The quantitative estimate of drug-likeness (QED) is 0.547. The Labute approximate surface area is 152 Å². The van der Waals surface area contributed by atoms with E-state index in [1.807, 2.05) is 6.07 Å². The van der Waals surface area contributed by atoms with Gasteiger partial charge in [-0.2, -0.15) is 23.4 Å². The van der Waals surface area contributed by atoms with Crippen LogP contribution < -0.4 is 21.5 Å². The van der Waals surface area contributed by atoms with Crippen LogP contribution in [0.25, 0.3) is 0 Å². The van der Waals surface area contributed by atoms with Gasteiger partial charge < -0.3 is 26.6 Å². The number of anilines is 2. The molecular formula is C15H19F3N6O3. The summed E-state index contributed by atoms with van der Waals surface area (Å²) in [7, 11) is 0. The molecule has 12 heteroatoms. The van der Waals surface area contributed by atoms with Crippen molar-refractivity contribution >= 4 is 17.5 Å². The lowest BCUT2D eigenvalue weighted by molar-refractivity contribution is -0.192. The molecule has 0 spiro atoms. The second-order valence-corrected chi connectivity index (χ2v) is 5.98. The highest BCUT2D eigenvalue weighted by molar-refractivity contribution is 5.73. The number of rotatable bonds is 2. The Bertz CT molecular complexity index is 744. The van der Waals surface area contributed by atoms with Crippen molar-refractivity contribution < 1.29 is 27.8 Å². The number of nitrogens with two attached hydrogens (primary N) is 2. The average molecular weight is 388 g/mol. The number of carbonyl (C=O) groups is 1. The first kappa shape index (κ1) is 20.5. The van der Waals surface area contributed by atoms with E-state index in [0.717, 1.165) is 38.3 Å². The van der Waals surface area contributed by atoms with Crippen molar-refractivity contribution in [2.24, 2.45) is 0 Å². The molecule has 3 rings (SSSR count). The molecule has 0 amide bonds. The number of alkyl halides is 3. The summed E-state index contributed by atoms with van der Waals surface area (Å²) < 4.78 is 37.6. The molecule has 1 fully saturated rings. The number of nitrogen functional groups attached to an aromatic ring is 2. The summed E-state index contributed by atoms with van der Waals surface area (Å²) >= 11 is 0. The predicted octanol–water partition coefficient (Wildman–Crippen LogP) is -0.0403. The average Bonchev–Trinajstić information content (AvgIpc) is 2.98. The van der Waals surface area contributed by atoms with Crippen molar-refractivity contribution in [2.45, 2.75) is 18.7 Å². The number of pyridine rings is 1. The van der Waals surface area contributed by atoms with Crippen molar-refractivity contribution in [1.82, 2.24) is 15.2 Å². The standard InChI is InChI=1S/C13H18N6O.C2HF3O2/c14-6-10-11(15)9-5-8(20-13(9)18-12(10)16)7-19-3-1-17-2-4-19;3-2(4,5)1(6)7/h8,17H,1-5,7H2,(H4,15,16,18);(H,6,7). The first-order valence-electron chi connectivity index (χ1n) is 8.01. The fourth-order valence-electron chi connectivity index (χ4n) is 2.76. The summed E-state index contributed by atoms with van der Waals surface area (Å²) in [5.74, 6) is -2.13. The number of carboxylic acids is 1. The molecule has 0 bridgehead atoms. The van der Waals surface area contributed by atoms with E-state index in [1.165, 1.54) is 0 Å². The normalized spacial score (nSPS) is 19.3. The van der Waals surface area contributed by atoms with Gasteiger partial charge in [-0.15, -0.1) is 0 Å². The number of nitriles is 1. The molecule has 0 radical (unpaired) electrons. The molecule has 1 aromatic heterocycles. The maximum Gasteiger partial charge on any atom is 0.490 e. The van der Waals surface area contributed by atoms with E-state index >= 15 is 0 Å². The van der Waals surface area contributed by atoms with Gasteiger partial charge in [0.1, 0.15) is 23.6 Å². The van der Waals surface area contributed by atoms with Gasteiger partial charge in [-0.3, -0.25) is 4.90 Å². The molecule has 9 nitrogen and oxygen atoms in total. The Balaban J connectivity index is 0.000000321. The summed E-state index contributed by atoms with van der Waals surface area (Å²) in [5, 5.41) is 19.5. The van der Waals surface area contributed by atoms with Crippen molar-refractivity contribution in [1.29, 1.82) is 5.26 Å². The van der Waals surface area contributed by atoms with Gasteiger partial charge in [0.05, 0.1) is 5.69 Å². The summed E-state index contributed by atoms with van der Waals surface area (Å²) in [4.78, 5) is 15.4. The lowest BCUT2D eigenvalue weighted by Gasteiger charge is -2.29. The number of carboxylic acid groups (broad SMARTS) is 1. The third-order valence-corrected chi connectivity index (χ3v) is 4.07. The number of nitrogens with one attached hydrogen (secondary N) is 1. The van der Waals surface area contributed by atoms with Crippen LogP contribution in [0, 0.1) is 11.3 Å². The number of aliphatic carboxylic acids is 1. The molecule has 0 aromatic carbocycles. The van der Waals surface area contributed by atoms with Gasteiger partial charge in [0.15, 0.2) is 0 Å². The van der Waals surface area contributed by atoms with Crippen LogP contribution in [-0.4, -0.2) is 66.0 Å². The van der Waals surface area contributed by atoms with Gasteiger partial charge in [0.25, 0.3) is 0 Å². The summed E-state index contributed by atoms with van der Waals surface area (Å²) in [6.07, 6.45) is -4.36. The van der Waals surface area contributed by atoms with E-state index < -0.39 is 12.1 Å². The number of piperazine rings is 1. The summed E-state index contributed by atoms with van der Waals surface area (Å²) in [6.45, 7) is 4.89. The fourth-order valence-corrected chi connectivity index (χ4v) is 2.76. The van der Waals surface area contributed by atoms with Crippen molar-refractivity contribution in [3.8, 4) is 11.9 Å². The van der Waals surface area contributed by atoms with Crippen LogP contribution in [0.5, 0.6) is 5.88 Å². The van der Waals surface area contributed by atoms with Crippen molar-refractivity contribution in [2.75, 3.05) is 44.2 Å². The second kappa shape index (κ2) is 8.28. The Morgan fingerprint density at radius 2 is 2.00 bits per heavy atom. The predicted molar refractivity (Wildman–Crippen MR) is 88.9 cm³/mol. The number of halogens is 3. The SMILES string of the molecule is N#Cc1c(N)nc2c(c1N)CC(CN1CCNCC1)O2.O=C(O)C(F)(F)F. The number of hydrogen-bond donors (Lipinski definition) is 4. The Kier molecular flexibility index (Phi) is 6.29. The molecule has 3 heterocycles. The third-order valence-electron chi connectivity index (χ3n) is 4.07. The van der Waals surface area contributed by atoms with Crippen LogP contribution in [0.1, 0.15) is 11.1 Å². The molecule has 0 aliphatic carbocycles. The zero-order chi connectivity index (χ0) is 20.2. The summed E-state index contributed by atoms with van der Waals surface area (Å²) in [6, 6.07) is 2.00. The lowest BCUT2D eigenvalue weighted by Crippen LogP contribution is -2.47. The van der Waals surface area contributed by atoms with Gasteiger partial charge in [-0.05, 0) is 0 Å². The topological polar surface area (TPSA) is 151 Å². The van der Waals surface area contributed by atoms with Gasteiger partial charge in [-0.1, -0.05) is 0 Å². The maximum atomic E-state index is 10.6. The third kappa shape index (κ3) is 5.11. The lowest BCUT2D eigenvalue weighted by atomic mass is 10.1. The van der Waals surface area contributed by atoms with Crippen LogP contribution in [0.2, 0.25) is 0 Å². The van der Waals surface area contributed by atoms with Gasteiger partial charge in [-0.25, -0.2) is 4.79 Å². The Morgan fingerprint density at radius 3 is 2.52 bits per heavy atom. The zero-order valence-electron chi connectivity index (χ0n) is 14.2. The zero-order valence-corrected chi connectivity index (χ0v) is 14.2. The van der Waals surface area contributed by atoms with E-state index in [2.05, 4.69) is 15.2 Å². The van der Waals surface area contributed by atoms with Crippen LogP contribution >= 0.6 is 0 Å². The molecule has 2 aliphatic heterocycles. The van der Waals surface area contributed by atoms with Crippen LogP contribution in [-0.2, 0) is 11.2 Å². The van der Waals surface area contributed by atoms with E-state index in [0.29, 0.717) is 18.0 Å². The number of ether oxygens (including phenoxy) is 1. The Hall–Kier alpha value is -2.78. The second-order valence-electron chi connectivity index (χ2n) is 5.98. The van der Waals surface area contributed by atoms with Gasteiger partial charge in [0.2, 0.25) is 5.88 Å². The molecular weight excluding hydrogens is 369 g/mol. The summed E-state index contributed by atoms with van der Waals surface area (Å²) in [5.41, 5.74) is 13.2.